The number of aryl methyl sites for hydroxylation is 1. The molecule has 0 bridgehead atoms. The molecule has 2 amide bonds. The number of ether oxygens (including phenoxy) is 2. The van der Waals surface area contributed by atoms with Gasteiger partial charge in [0.2, 0.25) is 5.91 Å². The summed E-state index contributed by atoms with van der Waals surface area (Å²) in [5.41, 5.74) is 1.66. The van der Waals surface area contributed by atoms with E-state index in [4.69, 9.17) is 9.47 Å². The van der Waals surface area contributed by atoms with Crippen molar-refractivity contribution in [1.29, 1.82) is 0 Å². The van der Waals surface area contributed by atoms with Crippen molar-refractivity contribution in [2.24, 2.45) is 0 Å². The Morgan fingerprint density at radius 2 is 1.73 bits per heavy atom. The lowest BCUT2D eigenvalue weighted by atomic mass is 10.1. The van der Waals surface area contributed by atoms with Crippen LogP contribution in [-0.2, 0) is 4.79 Å². The zero-order valence-corrected chi connectivity index (χ0v) is 16.6. The number of methoxy groups -OCH3 is 2. The van der Waals surface area contributed by atoms with Crippen molar-refractivity contribution in [3.05, 3.63) is 59.2 Å². The molecule has 0 aliphatic rings. The maximum atomic E-state index is 12.3. The number of alkyl halides is 3. The second kappa shape index (κ2) is 9.82. The van der Waals surface area contributed by atoms with E-state index in [0.717, 1.165) is 0 Å². The van der Waals surface area contributed by atoms with Crippen molar-refractivity contribution >= 4 is 23.6 Å². The number of carbonyl (C=O) groups excluding carboxylic acids is 2. The predicted molar refractivity (Wildman–Crippen MR) is 107 cm³/mol. The van der Waals surface area contributed by atoms with Crippen LogP contribution in [0.15, 0.2) is 42.5 Å². The van der Waals surface area contributed by atoms with Crippen LogP contribution in [-0.4, -0.2) is 38.8 Å². The first kappa shape index (κ1) is 22.8. The molecule has 9 heteroatoms. The fraction of sp³-hybridized carbons (Fsp3) is 0.238. The largest absolute Gasteiger partial charge is 0.493 e. The minimum atomic E-state index is -4.51. The Morgan fingerprint density at radius 1 is 1.03 bits per heavy atom. The van der Waals surface area contributed by atoms with Gasteiger partial charge in [0.15, 0.2) is 11.5 Å². The summed E-state index contributed by atoms with van der Waals surface area (Å²) in [7, 11) is 3.01. The van der Waals surface area contributed by atoms with Gasteiger partial charge in [-0.15, -0.1) is 0 Å². The average molecular weight is 422 g/mol. The van der Waals surface area contributed by atoms with E-state index in [2.05, 4.69) is 5.32 Å². The van der Waals surface area contributed by atoms with E-state index in [9.17, 15) is 22.8 Å². The van der Waals surface area contributed by atoms with Gasteiger partial charge in [0.05, 0.1) is 14.2 Å². The summed E-state index contributed by atoms with van der Waals surface area (Å²) in [6.45, 7) is 0.264. The summed E-state index contributed by atoms with van der Waals surface area (Å²) in [5, 5.41) is 4.41. The highest BCUT2D eigenvalue weighted by atomic mass is 19.4. The summed E-state index contributed by atoms with van der Waals surface area (Å²) in [6, 6.07) is 9.38. The normalized spacial score (nSPS) is 11.3. The van der Waals surface area contributed by atoms with Crippen molar-refractivity contribution in [3.63, 3.8) is 0 Å². The van der Waals surface area contributed by atoms with E-state index >= 15 is 0 Å². The molecule has 0 unspecified atom stereocenters. The molecule has 0 aromatic heterocycles. The van der Waals surface area contributed by atoms with Gasteiger partial charge < -0.3 is 20.1 Å². The highest BCUT2D eigenvalue weighted by molar-refractivity contribution is 6.03. The number of anilines is 1. The lowest BCUT2D eigenvalue weighted by molar-refractivity contribution is -0.123. The number of carbonyl (C=O) groups is 2. The Bertz CT molecular complexity index is 956. The van der Waals surface area contributed by atoms with Crippen LogP contribution in [0.25, 0.3) is 6.08 Å². The fourth-order valence-electron chi connectivity index (χ4n) is 2.48. The number of nitrogens with one attached hydrogen (secondary N) is 2. The Hall–Kier alpha value is -3.49. The van der Waals surface area contributed by atoms with Crippen molar-refractivity contribution in [2.75, 3.05) is 26.1 Å². The first-order valence-electron chi connectivity index (χ1n) is 8.79. The molecule has 0 saturated heterocycles. The van der Waals surface area contributed by atoms with Gasteiger partial charge in [0.25, 0.3) is 5.91 Å². The third kappa shape index (κ3) is 6.54. The molecule has 0 aliphatic heterocycles. The summed E-state index contributed by atoms with van der Waals surface area (Å²) >= 11 is 0. The van der Waals surface area contributed by atoms with Gasteiger partial charge in [-0.25, -0.2) is 0 Å². The second-order valence-corrected chi connectivity index (χ2v) is 6.26. The van der Waals surface area contributed by atoms with Crippen LogP contribution in [0.3, 0.4) is 0 Å². The molecule has 2 rings (SSSR count). The van der Waals surface area contributed by atoms with E-state index in [-0.39, 0.29) is 5.56 Å². The lowest BCUT2D eigenvalue weighted by Gasteiger charge is -2.11. The number of halogens is 3. The van der Waals surface area contributed by atoms with E-state index in [1.54, 1.807) is 36.5 Å². The summed E-state index contributed by atoms with van der Waals surface area (Å²) in [4.78, 5) is 24.2. The lowest BCUT2D eigenvalue weighted by Crippen LogP contribution is -2.33. The van der Waals surface area contributed by atoms with Gasteiger partial charge in [0.1, 0.15) is 6.54 Å². The van der Waals surface area contributed by atoms with E-state index < -0.39 is 24.5 Å². The Kier molecular flexibility index (Phi) is 7.46. The Balaban J connectivity index is 2.09. The zero-order valence-electron chi connectivity index (χ0n) is 16.6. The van der Waals surface area contributed by atoms with Gasteiger partial charge in [-0.1, -0.05) is 12.1 Å². The molecule has 0 saturated carbocycles. The maximum Gasteiger partial charge on any atom is 0.405 e. The minimum absolute atomic E-state index is 0.00372. The van der Waals surface area contributed by atoms with Gasteiger partial charge in [-0.2, -0.15) is 13.2 Å². The molecular formula is C21H21F3N2O4. The third-order valence-electron chi connectivity index (χ3n) is 4.04. The SMILES string of the molecule is COc1ccc(/C=C/C(=O)Nc2cc(C(=O)NCC(F)(F)F)ccc2C)cc1OC. The van der Waals surface area contributed by atoms with Crippen molar-refractivity contribution in [1.82, 2.24) is 5.32 Å². The molecule has 0 fully saturated rings. The van der Waals surface area contributed by atoms with Gasteiger partial charge >= 0.3 is 6.18 Å². The first-order valence-corrected chi connectivity index (χ1v) is 8.79. The molecular weight excluding hydrogens is 401 g/mol. The molecule has 0 spiro atoms. The average Bonchev–Trinajstić information content (AvgIpc) is 2.71. The molecule has 30 heavy (non-hydrogen) atoms. The first-order chi connectivity index (χ1) is 14.1. The van der Waals surface area contributed by atoms with Crippen LogP contribution in [0.1, 0.15) is 21.5 Å². The number of hydrogen-bond acceptors (Lipinski definition) is 4. The summed E-state index contributed by atoms with van der Waals surface area (Å²) in [5.74, 6) is -0.298. The molecule has 0 heterocycles. The van der Waals surface area contributed by atoms with E-state index in [1.807, 2.05) is 0 Å². The number of benzene rings is 2. The van der Waals surface area contributed by atoms with Gasteiger partial charge in [0, 0.05) is 17.3 Å². The van der Waals surface area contributed by atoms with Crippen LogP contribution < -0.4 is 20.1 Å². The van der Waals surface area contributed by atoms with Gasteiger partial charge in [-0.3, -0.25) is 9.59 Å². The van der Waals surface area contributed by atoms with E-state index in [1.165, 1.54) is 38.5 Å². The van der Waals surface area contributed by atoms with Crippen LogP contribution in [0.5, 0.6) is 11.5 Å². The van der Waals surface area contributed by atoms with E-state index in [0.29, 0.717) is 28.3 Å². The number of amides is 2. The molecule has 2 aromatic carbocycles. The summed E-state index contributed by atoms with van der Waals surface area (Å²) < 4.78 is 47.2. The molecule has 0 aliphatic carbocycles. The molecule has 2 N–H and O–H groups in total. The topological polar surface area (TPSA) is 76.7 Å². The monoisotopic (exact) mass is 422 g/mol. The van der Waals surface area contributed by atoms with Crippen LogP contribution >= 0.6 is 0 Å². The quantitative estimate of drug-likeness (QED) is 0.663. The number of hydrogen-bond donors (Lipinski definition) is 2. The molecule has 0 atom stereocenters. The van der Waals surface area contributed by atoms with Crippen molar-refractivity contribution in [3.8, 4) is 11.5 Å². The Morgan fingerprint density at radius 3 is 2.37 bits per heavy atom. The predicted octanol–water partition coefficient (Wildman–Crippen LogP) is 3.96. The Labute approximate surface area is 171 Å². The molecule has 2 aromatic rings. The standard InChI is InChI=1S/C21H21F3N2O4/c1-13-4-7-15(20(28)25-12-21(22,23)24)11-16(13)26-19(27)9-6-14-5-8-17(29-2)18(10-14)30-3/h4-11H,12H2,1-3H3,(H,25,28)(H,26,27)/b9-6+. The summed E-state index contributed by atoms with van der Waals surface area (Å²) in [6.07, 6.45) is -1.66. The number of rotatable bonds is 7. The van der Waals surface area contributed by atoms with Gasteiger partial charge in [-0.05, 0) is 48.4 Å². The maximum absolute atomic E-state index is 12.3. The van der Waals surface area contributed by atoms with Crippen LogP contribution in [0.2, 0.25) is 0 Å². The third-order valence-corrected chi connectivity index (χ3v) is 4.04. The highest BCUT2D eigenvalue weighted by Crippen LogP contribution is 2.28. The fourth-order valence-corrected chi connectivity index (χ4v) is 2.48. The molecule has 0 radical (unpaired) electrons. The van der Waals surface area contributed by atoms with Crippen LogP contribution in [0.4, 0.5) is 18.9 Å². The van der Waals surface area contributed by atoms with Crippen molar-refractivity contribution < 1.29 is 32.2 Å². The minimum Gasteiger partial charge on any atom is -0.493 e. The molecule has 160 valence electrons. The zero-order chi connectivity index (χ0) is 22.3. The van der Waals surface area contributed by atoms with Crippen LogP contribution in [0, 0.1) is 6.92 Å². The molecule has 6 nitrogen and oxygen atoms in total. The highest BCUT2D eigenvalue weighted by Gasteiger charge is 2.28. The second-order valence-electron chi connectivity index (χ2n) is 6.26. The van der Waals surface area contributed by atoms with Crippen molar-refractivity contribution in [2.45, 2.75) is 13.1 Å². The smallest absolute Gasteiger partial charge is 0.405 e.